The molecule has 0 aromatic heterocycles. The molecule has 0 saturated heterocycles. The summed E-state index contributed by atoms with van der Waals surface area (Å²) in [7, 11) is 0. The fourth-order valence-electron chi connectivity index (χ4n) is 4.34. The summed E-state index contributed by atoms with van der Waals surface area (Å²) in [5, 5.41) is 20.7. The minimum absolute atomic E-state index is 0.00112. The summed E-state index contributed by atoms with van der Waals surface area (Å²) in [6.07, 6.45) is 14.2. The van der Waals surface area contributed by atoms with E-state index in [1.165, 1.54) is 19.3 Å². The zero-order chi connectivity index (χ0) is 21.6. The predicted molar refractivity (Wildman–Crippen MR) is 119 cm³/mol. The van der Waals surface area contributed by atoms with Crippen LogP contribution in [0.15, 0.2) is 12.2 Å². The Bertz CT molecular complexity index is 497. The van der Waals surface area contributed by atoms with Crippen LogP contribution in [0, 0.1) is 17.8 Å². The number of unbranched alkanes of at least 4 members (excludes halogenated alkanes) is 5. The van der Waals surface area contributed by atoms with Crippen LogP contribution in [0.25, 0.3) is 0 Å². The van der Waals surface area contributed by atoms with E-state index in [0.29, 0.717) is 43.7 Å². The van der Waals surface area contributed by atoms with Gasteiger partial charge in [0, 0.05) is 25.2 Å². The zero-order valence-electron chi connectivity index (χ0n) is 18.9. The predicted octanol–water partition coefficient (Wildman–Crippen LogP) is 5.40. The number of aliphatic hydroxyl groups is 2. The Morgan fingerprint density at radius 1 is 0.897 bits per heavy atom. The summed E-state index contributed by atoms with van der Waals surface area (Å²) in [4.78, 5) is 23.8. The highest BCUT2D eigenvalue weighted by Crippen LogP contribution is 2.38. The van der Waals surface area contributed by atoms with Crippen molar-refractivity contribution in [1.29, 1.82) is 0 Å². The first-order chi connectivity index (χ1) is 13.9. The van der Waals surface area contributed by atoms with Gasteiger partial charge in [0.1, 0.15) is 11.6 Å². The number of carbonyl (C=O) groups is 2. The molecule has 2 N–H and O–H groups in total. The Balaban J connectivity index is 2.32. The van der Waals surface area contributed by atoms with Gasteiger partial charge in [0.25, 0.3) is 0 Å². The van der Waals surface area contributed by atoms with Gasteiger partial charge in [-0.2, -0.15) is 0 Å². The Morgan fingerprint density at radius 3 is 2.28 bits per heavy atom. The number of hydrogen-bond acceptors (Lipinski definition) is 4. The first kappa shape index (κ1) is 26.0. The molecule has 0 unspecified atom stereocenters. The molecule has 0 aromatic carbocycles. The quantitative estimate of drug-likeness (QED) is 0.265. The van der Waals surface area contributed by atoms with E-state index < -0.39 is 12.2 Å². The lowest BCUT2D eigenvalue weighted by atomic mass is 9.86. The van der Waals surface area contributed by atoms with Crippen LogP contribution in [-0.2, 0) is 9.59 Å². The second-order valence-corrected chi connectivity index (χ2v) is 9.16. The van der Waals surface area contributed by atoms with E-state index in [1.807, 2.05) is 13.8 Å². The van der Waals surface area contributed by atoms with Crippen LogP contribution in [0.2, 0.25) is 0 Å². The molecule has 1 aliphatic rings. The third kappa shape index (κ3) is 10.5. The molecule has 0 radical (unpaired) electrons. The summed E-state index contributed by atoms with van der Waals surface area (Å²) < 4.78 is 0. The molecule has 0 bridgehead atoms. The Hall–Kier alpha value is -1.00. The number of Topliss-reactive ketones (excluding diaryl/α,β-unsaturated/α-hetero) is 2. The fourth-order valence-corrected chi connectivity index (χ4v) is 4.34. The van der Waals surface area contributed by atoms with Crippen LogP contribution in [0.3, 0.4) is 0 Å². The SMILES string of the molecule is CCCCCCCC(=O)CC[C@@H]1[C@@H](C/C=C\CCCC(=O)C(C)C)[C@@H](O)C[C@H]1O. The molecule has 1 fully saturated rings. The molecular weight excluding hydrogens is 364 g/mol. The minimum atomic E-state index is -0.510. The summed E-state index contributed by atoms with van der Waals surface area (Å²) in [5.74, 6) is 0.730. The number of ketones is 2. The monoisotopic (exact) mass is 408 g/mol. The first-order valence-electron chi connectivity index (χ1n) is 11.9. The van der Waals surface area contributed by atoms with Crippen molar-refractivity contribution in [3.63, 3.8) is 0 Å². The van der Waals surface area contributed by atoms with Gasteiger partial charge in [-0.15, -0.1) is 0 Å². The molecule has 0 amide bonds. The highest BCUT2D eigenvalue weighted by Gasteiger charge is 2.40. The highest BCUT2D eigenvalue weighted by molar-refractivity contribution is 5.80. The van der Waals surface area contributed by atoms with Crippen LogP contribution in [-0.4, -0.2) is 34.0 Å². The van der Waals surface area contributed by atoms with Gasteiger partial charge in [-0.25, -0.2) is 0 Å². The second-order valence-electron chi connectivity index (χ2n) is 9.16. The molecule has 1 aliphatic carbocycles. The van der Waals surface area contributed by atoms with Gasteiger partial charge in [0.2, 0.25) is 0 Å². The molecule has 29 heavy (non-hydrogen) atoms. The van der Waals surface area contributed by atoms with Gasteiger partial charge >= 0.3 is 0 Å². The fraction of sp³-hybridized carbons (Fsp3) is 0.840. The molecule has 0 heterocycles. The third-order valence-corrected chi connectivity index (χ3v) is 6.35. The molecule has 4 heteroatoms. The maximum absolute atomic E-state index is 12.2. The van der Waals surface area contributed by atoms with Crippen LogP contribution in [0.5, 0.6) is 0 Å². The van der Waals surface area contributed by atoms with Crippen molar-refractivity contribution in [3.05, 3.63) is 12.2 Å². The summed E-state index contributed by atoms with van der Waals surface area (Å²) >= 11 is 0. The van der Waals surface area contributed by atoms with Crippen LogP contribution in [0.1, 0.15) is 104 Å². The van der Waals surface area contributed by atoms with Crippen molar-refractivity contribution in [2.45, 2.75) is 116 Å². The number of hydrogen-bond donors (Lipinski definition) is 2. The van der Waals surface area contributed by atoms with Crippen molar-refractivity contribution in [3.8, 4) is 0 Å². The average Bonchev–Trinajstić information content (AvgIpc) is 2.94. The number of carbonyl (C=O) groups excluding carboxylic acids is 2. The Kier molecular flexibility index (Phi) is 13.4. The van der Waals surface area contributed by atoms with E-state index in [4.69, 9.17) is 0 Å². The maximum Gasteiger partial charge on any atom is 0.135 e. The summed E-state index contributed by atoms with van der Waals surface area (Å²) in [6, 6.07) is 0. The lowest BCUT2D eigenvalue weighted by Gasteiger charge is -2.22. The maximum atomic E-state index is 12.2. The summed E-state index contributed by atoms with van der Waals surface area (Å²) in [6.45, 7) is 6.05. The average molecular weight is 409 g/mol. The topological polar surface area (TPSA) is 74.6 Å². The van der Waals surface area contributed by atoms with Crippen LogP contribution < -0.4 is 0 Å². The zero-order valence-corrected chi connectivity index (χ0v) is 18.9. The van der Waals surface area contributed by atoms with Crippen molar-refractivity contribution in [2.24, 2.45) is 17.8 Å². The van der Waals surface area contributed by atoms with Gasteiger partial charge in [0.05, 0.1) is 12.2 Å². The van der Waals surface area contributed by atoms with E-state index in [9.17, 15) is 19.8 Å². The van der Waals surface area contributed by atoms with Crippen LogP contribution >= 0.6 is 0 Å². The molecule has 168 valence electrons. The molecule has 0 aliphatic heterocycles. The largest absolute Gasteiger partial charge is 0.393 e. The molecule has 1 saturated carbocycles. The lowest BCUT2D eigenvalue weighted by Crippen LogP contribution is -2.22. The van der Waals surface area contributed by atoms with E-state index in [1.54, 1.807) is 0 Å². The summed E-state index contributed by atoms with van der Waals surface area (Å²) in [5.41, 5.74) is 0. The van der Waals surface area contributed by atoms with E-state index >= 15 is 0 Å². The van der Waals surface area contributed by atoms with Gasteiger partial charge in [-0.1, -0.05) is 58.6 Å². The van der Waals surface area contributed by atoms with Crippen molar-refractivity contribution in [1.82, 2.24) is 0 Å². The minimum Gasteiger partial charge on any atom is -0.393 e. The van der Waals surface area contributed by atoms with Crippen molar-refractivity contribution >= 4 is 11.6 Å². The van der Waals surface area contributed by atoms with Gasteiger partial charge in [-0.3, -0.25) is 9.59 Å². The van der Waals surface area contributed by atoms with Crippen molar-refractivity contribution < 1.29 is 19.8 Å². The molecule has 1 rings (SSSR count). The van der Waals surface area contributed by atoms with Gasteiger partial charge in [0.15, 0.2) is 0 Å². The van der Waals surface area contributed by atoms with Gasteiger partial charge in [-0.05, 0) is 50.4 Å². The molecule has 0 aromatic rings. The molecule has 4 nitrogen and oxygen atoms in total. The van der Waals surface area contributed by atoms with Gasteiger partial charge < -0.3 is 10.2 Å². The highest BCUT2D eigenvalue weighted by atomic mass is 16.3. The first-order valence-corrected chi connectivity index (χ1v) is 11.9. The number of aliphatic hydroxyl groups excluding tert-OH is 2. The Labute approximate surface area is 178 Å². The van der Waals surface area contributed by atoms with Crippen LogP contribution in [0.4, 0.5) is 0 Å². The third-order valence-electron chi connectivity index (χ3n) is 6.35. The van der Waals surface area contributed by atoms with E-state index in [-0.39, 0.29) is 17.8 Å². The van der Waals surface area contributed by atoms with E-state index in [0.717, 1.165) is 32.1 Å². The number of rotatable bonds is 16. The normalized spacial score (nSPS) is 24.6. The molecule has 0 spiro atoms. The molecule has 4 atom stereocenters. The smallest absolute Gasteiger partial charge is 0.135 e. The standard InChI is InChI=1S/C25H44O4/c1-4-5-6-7-10-13-20(26)16-17-22-21(24(28)18-25(22)29)14-11-8-9-12-15-23(27)19(2)3/h8,11,19,21-22,24-25,28-29H,4-7,9-10,12-18H2,1-3H3/b11-8-/t21-,22-,24+,25-/m1/s1. The van der Waals surface area contributed by atoms with Crippen molar-refractivity contribution in [2.75, 3.05) is 0 Å². The second kappa shape index (κ2) is 14.9. The Morgan fingerprint density at radius 2 is 1.59 bits per heavy atom. The number of allylic oxidation sites excluding steroid dienone is 2. The van der Waals surface area contributed by atoms with E-state index in [2.05, 4.69) is 19.1 Å². The molecular formula is C25H44O4. The lowest BCUT2D eigenvalue weighted by molar-refractivity contribution is -0.122.